The molecule has 1 aliphatic carbocycles. The molecule has 0 N–H and O–H groups in total. The molecule has 23 heavy (non-hydrogen) atoms. The van der Waals surface area contributed by atoms with Gasteiger partial charge < -0.3 is 0 Å². The molecule has 1 atom stereocenters. The number of nitrogens with zero attached hydrogens (tertiary/aromatic N) is 6. The first-order valence-corrected chi connectivity index (χ1v) is 9.72. The predicted octanol–water partition coefficient (Wildman–Crippen LogP) is 3.22. The number of fused-ring (bicyclic) bond motifs is 8. The van der Waals surface area contributed by atoms with Crippen molar-refractivity contribution in [3.8, 4) is 0 Å². The Bertz CT molecular complexity index is 1040. The van der Waals surface area contributed by atoms with Crippen LogP contribution >= 0.6 is 23.1 Å². The zero-order chi connectivity index (χ0) is 15.6. The van der Waals surface area contributed by atoms with Crippen LogP contribution in [0.15, 0.2) is 11.5 Å². The van der Waals surface area contributed by atoms with E-state index in [1.54, 1.807) is 18.1 Å². The van der Waals surface area contributed by atoms with E-state index in [1.165, 1.54) is 27.1 Å². The molecule has 8 heteroatoms. The minimum atomic E-state index is 0.755. The fourth-order valence-electron chi connectivity index (χ4n) is 3.48. The summed E-state index contributed by atoms with van der Waals surface area (Å²) in [7, 11) is 0. The molecule has 1 aliphatic rings. The molecule has 0 fully saturated rings. The van der Waals surface area contributed by atoms with Crippen molar-refractivity contribution < 1.29 is 0 Å². The minimum Gasteiger partial charge on any atom is -0.244 e. The first-order chi connectivity index (χ1) is 11.3. The summed E-state index contributed by atoms with van der Waals surface area (Å²) < 4.78 is 4.00. The highest BCUT2D eigenvalue weighted by molar-refractivity contribution is 7.99. The molecule has 4 heterocycles. The molecule has 4 aromatic heterocycles. The van der Waals surface area contributed by atoms with Gasteiger partial charge in [0, 0.05) is 4.88 Å². The highest BCUT2D eigenvalue weighted by atomic mass is 32.2. The first kappa shape index (κ1) is 13.7. The van der Waals surface area contributed by atoms with E-state index in [4.69, 9.17) is 0 Å². The van der Waals surface area contributed by atoms with Gasteiger partial charge >= 0.3 is 0 Å². The molecule has 4 aromatic rings. The third-order valence-corrected chi connectivity index (χ3v) is 6.60. The second kappa shape index (κ2) is 4.91. The van der Waals surface area contributed by atoms with Gasteiger partial charge in [-0.3, -0.25) is 0 Å². The Labute approximate surface area is 140 Å². The van der Waals surface area contributed by atoms with Crippen molar-refractivity contribution >= 4 is 44.7 Å². The first-order valence-electron chi connectivity index (χ1n) is 7.91. The van der Waals surface area contributed by atoms with E-state index in [2.05, 4.69) is 38.5 Å². The molecule has 0 amide bonds. The van der Waals surface area contributed by atoms with Crippen molar-refractivity contribution in [2.24, 2.45) is 5.92 Å². The number of hydrogen-bond donors (Lipinski definition) is 0. The van der Waals surface area contributed by atoms with E-state index in [0.717, 1.165) is 41.1 Å². The molecule has 0 radical (unpaired) electrons. The van der Waals surface area contributed by atoms with E-state index in [-0.39, 0.29) is 0 Å². The van der Waals surface area contributed by atoms with E-state index < -0.39 is 0 Å². The second-order valence-corrected chi connectivity index (χ2v) is 8.39. The van der Waals surface area contributed by atoms with Crippen LogP contribution in [-0.2, 0) is 12.8 Å². The quantitative estimate of drug-likeness (QED) is 0.523. The summed E-state index contributed by atoms with van der Waals surface area (Å²) in [6.45, 7) is 4.48. The third kappa shape index (κ3) is 1.82. The largest absolute Gasteiger partial charge is 0.260 e. The maximum absolute atomic E-state index is 4.52. The van der Waals surface area contributed by atoms with E-state index in [0.29, 0.717) is 0 Å². The lowest BCUT2D eigenvalue weighted by Crippen LogP contribution is -2.08. The van der Waals surface area contributed by atoms with Crippen LogP contribution in [0.25, 0.3) is 21.6 Å². The Balaban J connectivity index is 1.98. The normalized spacial score (nSPS) is 18.3. The van der Waals surface area contributed by atoms with Crippen molar-refractivity contribution in [2.45, 2.75) is 38.3 Å². The third-order valence-electron chi connectivity index (χ3n) is 4.55. The fourth-order valence-corrected chi connectivity index (χ4v) is 5.70. The molecular weight excluding hydrogens is 328 g/mol. The van der Waals surface area contributed by atoms with Crippen molar-refractivity contribution in [1.29, 1.82) is 0 Å². The van der Waals surface area contributed by atoms with Crippen LogP contribution in [0.2, 0.25) is 0 Å². The Hall–Kier alpha value is -1.67. The van der Waals surface area contributed by atoms with Crippen molar-refractivity contribution in [2.75, 3.05) is 5.75 Å². The number of rotatable bonds is 2. The maximum atomic E-state index is 4.52. The molecule has 0 saturated heterocycles. The number of thiophene rings is 1. The zero-order valence-corrected chi connectivity index (χ0v) is 14.6. The van der Waals surface area contributed by atoms with Crippen LogP contribution in [0, 0.1) is 5.92 Å². The summed E-state index contributed by atoms with van der Waals surface area (Å²) in [6, 6.07) is 0. The molecule has 0 aromatic carbocycles. The van der Waals surface area contributed by atoms with Gasteiger partial charge in [-0.15, -0.1) is 21.5 Å². The minimum absolute atomic E-state index is 0.755. The molecule has 6 nitrogen and oxygen atoms in total. The maximum Gasteiger partial charge on any atom is 0.260 e. The molecule has 0 spiro atoms. The summed E-state index contributed by atoms with van der Waals surface area (Å²) in [5.41, 5.74) is 2.38. The topological polar surface area (TPSA) is 60.4 Å². The van der Waals surface area contributed by atoms with E-state index >= 15 is 0 Å². The SMILES string of the molecule is CCSc1nnc2n3ncnc3c3c4c(sc3n12)C[C@@H](C)CC4. The molecule has 0 aliphatic heterocycles. The fraction of sp³-hybridized carbons (Fsp3) is 0.467. The predicted molar refractivity (Wildman–Crippen MR) is 92.5 cm³/mol. The Morgan fingerprint density at radius 1 is 1.39 bits per heavy atom. The van der Waals surface area contributed by atoms with Gasteiger partial charge in [-0.1, -0.05) is 25.6 Å². The van der Waals surface area contributed by atoms with Crippen LogP contribution in [0.3, 0.4) is 0 Å². The molecule has 0 bridgehead atoms. The number of hydrogen-bond acceptors (Lipinski definition) is 6. The summed E-state index contributed by atoms with van der Waals surface area (Å²) in [5, 5.41) is 15.3. The summed E-state index contributed by atoms with van der Waals surface area (Å²) in [5.74, 6) is 2.48. The monoisotopic (exact) mass is 344 g/mol. The number of aromatic nitrogens is 6. The van der Waals surface area contributed by atoms with Gasteiger partial charge in [0.1, 0.15) is 11.2 Å². The highest BCUT2D eigenvalue weighted by Crippen LogP contribution is 2.40. The Morgan fingerprint density at radius 2 is 2.30 bits per heavy atom. The van der Waals surface area contributed by atoms with Crippen molar-refractivity contribution in [1.82, 2.24) is 29.2 Å². The molecule has 118 valence electrons. The Kier molecular flexibility index (Phi) is 2.93. The van der Waals surface area contributed by atoms with Crippen molar-refractivity contribution in [3.05, 3.63) is 16.8 Å². The smallest absolute Gasteiger partial charge is 0.244 e. The van der Waals surface area contributed by atoms with Gasteiger partial charge in [-0.05, 0) is 36.5 Å². The number of thioether (sulfide) groups is 1. The molecule has 0 unspecified atom stereocenters. The summed E-state index contributed by atoms with van der Waals surface area (Å²) in [4.78, 5) is 7.24. The van der Waals surface area contributed by atoms with Crippen LogP contribution in [-0.4, -0.2) is 34.9 Å². The van der Waals surface area contributed by atoms with Gasteiger partial charge in [-0.25, -0.2) is 9.38 Å². The van der Waals surface area contributed by atoms with Crippen LogP contribution < -0.4 is 0 Å². The number of aryl methyl sites for hydroxylation is 1. The average Bonchev–Trinajstić information content (AvgIpc) is 3.21. The lowest BCUT2D eigenvalue weighted by Gasteiger charge is -2.17. The standard InChI is InChI=1S/C15H16N6S2/c1-3-22-15-19-18-14-20(15)13-11(12-16-7-17-21(12)14)9-5-4-8(2)6-10(9)23-13/h7-8H,3-6H2,1-2H3/t8-/m0/s1. The average molecular weight is 344 g/mol. The van der Waals surface area contributed by atoms with Gasteiger partial charge in [0.25, 0.3) is 5.78 Å². The second-order valence-electron chi connectivity index (χ2n) is 6.08. The van der Waals surface area contributed by atoms with Gasteiger partial charge in [0.15, 0.2) is 10.8 Å². The summed E-state index contributed by atoms with van der Waals surface area (Å²) in [6.07, 6.45) is 5.15. The Morgan fingerprint density at radius 3 is 3.17 bits per heavy atom. The van der Waals surface area contributed by atoms with Gasteiger partial charge in [-0.2, -0.15) is 9.61 Å². The lowest BCUT2D eigenvalue weighted by atomic mass is 9.89. The van der Waals surface area contributed by atoms with Crippen molar-refractivity contribution in [3.63, 3.8) is 0 Å². The lowest BCUT2D eigenvalue weighted by molar-refractivity contribution is 0.509. The summed E-state index contributed by atoms with van der Waals surface area (Å²) >= 11 is 3.60. The van der Waals surface area contributed by atoms with E-state index in [1.807, 2.05) is 15.9 Å². The molecule has 0 saturated carbocycles. The van der Waals surface area contributed by atoms with Crippen LogP contribution in [0.5, 0.6) is 0 Å². The van der Waals surface area contributed by atoms with Gasteiger partial charge in [0.2, 0.25) is 0 Å². The zero-order valence-electron chi connectivity index (χ0n) is 13.0. The van der Waals surface area contributed by atoms with Crippen LogP contribution in [0.1, 0.15) is 30.7 Å². The van der Waals surface area contributed by atoms with Gasteiger partial charge in [0.05, 0.1) is 5.39 Å². The van der Waals surface area contributed by atoms with E-state index in [9.17, 15) is 0 Å². The molecule has 5 rings (SSSR count). The van der Waals surface area contributed by atoms with Crippen LogP contribution in [0.4, 0.5) is 0 Å². The molecular formula is C15H16N6S2. The highest BCUT2D eigenvalue weighted by Gasteiger charge is 2.26.